The van der Waals surface area contributed by atoms with Crippen LogP contribution in [0.3, 0.4) is 0 Å². The van der Waals surface area contributed by atoms with E-state index in [9.17, 15) is 9.90 Å². The number of aromatic hydroxyl groups is 1. The first-order valence-electron chi connectivity index (χ1n) is 13.0. The summed E-state index contributed by atoms with van der Waals surface area (Å²) in [7, 11) is 0. The van der Waals surface area contributed by atoms with Gasteiger partial charge in [-0.2, -0.15) is 0 Å². The van der Waals surface area contributed by atoms with Crippen molar-refractivity contribution < 1.29 is 14.3 Å². The molecule has 1 aromatic rings. The molecular weight excluding hydrogens is 513 g/mol. The number of piperidine rings is 2. The number of carbonyl (C=O) groups excluding carboxylic acids is 1. The average Bonchev–Trinajstić information content (AvgIpc) is 3.62. The Hall–Kier alpha value is -1.68. The number of rotatable bonds is 3. The lowest BCUT2D eigenvalue weighted by atomic mass is 9.79. The second-order valence-corrected chi connectivity index (χ2v) is 12.2. The molecule has 3 aliphatic heterocycles. The molecule has 35 heavy (non-hydrogen) atoms. The quantitative estimate of drug-likeness (QED) is 0.264. The molecule has 1 amide bonds. The van der Waals surface area contributed by atoms with Crippen LogP contribution in [0.4, 0.5) is 10.1 Å². The molecular formula is C26H35BrFN5O2. The minimum atomic E-state index is -0.486. The van der Waals surface area contributed by atoms with Gasteiger partial charge in [-0.25, -0.2) is 9.82 Å². The maximum atomic E-state index is 15.1. The monoisotopic (exact) mass is 547 g/mol. The van der Waals surface area contributed by atoms with Crippen LogP contribution < -0.4 is 21.5 Å². The summed E-state index contributed by atoms with van der Waals surface area (Å²) in [6.07, 6.45) is 6.01. The summed E-state index contributed by atoms with van der Waals surface area (Å²) in [6.45, 7) is 5.49. The van der Waals surface area contributed by atoms with Crippen LogP contribution >= 0.6 is 15.9 Å². The van der Waals surface area contributed by atoms with Gasteiger partial charge < -0.3 is 26.1 Å². The third-order valence-electron chi connectivity index (χ3n) is 8.92. The molecule has 7 nitrogen and oxygen atoms in total. The number of nitrogens with zero attached hydrogens (tertiary/aromatic N) is 2. The van der Waals surface area contributed by atoms with Crippen molar-refractivity contribution in [1.29, 1.82) is 0 Å². The number of amides is 1. The molecule has 5 N–H and O–H groups in total. The fourth-order valence-corrected chi connectivity index (χ4v) is 7.54. The highest BCUT2D eigenvalue weighted by molar-refractivity contribution is 9.09. The predicted molar refractivity (Wildman–Crippen MR) is 137 cm³/mol. The summed E-state index contributed by atoms with van der Waals surface area (Å²) in [6, 6.07) is 3.74. The van der Waals surface area contributed by atoms with E-state index in [1.54, 1.807) is 0 Å². The number of hydrogen-bond donors (Lipinski definition) is 4. The molecule has 5 aliphatic rings. The van der Waals surface area contributed by atoms with Crippen LogP contribution in [0.1, 0.15) is 56.4 Å². The molecule has 3 saturated heterocycles. The van der Waals surface area contributed by atoms with Crippen molar-refractivity contribution in [3.8, 4) is 5.75 Å². The Labute approximate surface area is 214 Å². The fourth-order valence-electron chi connectivity index (χ4n) is 6.92. The van der Waals surface area contributed by atoms with Crippen LogP contribution in [0.25, 0.3) is 0 Å². The van der Waals surface area contributed by atoms with Crippen LogP contribution in [0.2, 0.25) is 0 Å². The molecule has 6 rings (SSSR count). The second-order valence-electron chi connectivity index (χ2n) is 11.1. The highest BCUT2D eigenvalue weighted by Gasteiger charge is 2.53. The van der Waals surface area contributed by atoms with Gasteiger partial charge in [0.25, 0.3) is 0 Å². The van der Waals surface area contributed by atoms with Crippen LogP contribution in [-0.4, -0.2) is 58.1 Å². The third kappa shape index (κ3) is 4.08. The number of nitrogens with two attached hydrogens (primary N) is 1. The number of likely N-dealkylation sites (tertiary alicyclic amines) is 1. The number of anilines is 1. The number of alkyl halides is 1. The molecule has 9 heteroatoms. The van der Waals surface area contributed by atoms with E-state index in [1.807, 2.05) is 17.1 Å². The number of phenolic OH excluding ortho intramolecular Hbond substituents is 1. The summed E-state index contributed by atoms with van der Waals surface area (Å²) in [5.74, 6) is -0.454. The van der Waals surface area contributed by atoms with Crippen molar-refractivity contribution >= 4 is 27.5 Å². The average molecular weight is 549 g/mol. The lowest BCUT2D eigenvalue weighted by molar-refractivity contribution is -0.142. The van der Waals surface area contributed by atoms with E-state index < -0.39 is 5.82 Å². The zero-order chi connectivity index (χ0) is 24.4. The van der Waals surface area contributed by atoms with Gasteiger partial charge in [0, 0.05) is 37.1 Å². The van der Waals surface area contributed by atoms with E-state index in [4.69, 9.17) is 5.73 Å². The first-order valence-corrected chi connectivity index (χ1v) is 13.9. The summed E-state index contributed by atoms with van der Waals surface area (Å²) in [4.78, 5) is 16.0. The molecule has 0 aromatic heterocycles. The van der Waals surface area contributed by atoms with Crippen molar-refractivity contribution in [1.82, 2.24) is 15.6 Å². The maximum absolute atomic E-state index is 15.1. The van der Waals surface area contributed by atoms with E-state index >= 15 is 4.39 Å². The Kier molecular flexibility index (Phi) is 6.10. The SMILES string of the molecule is C=C1CCC2NN(c3ccc(C4CC4)c(F)c3O)C3CCN(C(=O)C4CNC(Br)CC4N)[C@@H](C1)C23. The summed E-state index contributed by atoms with van der Waals surface area (Å²) < 4.78 is 15.1. The fraction of sp³-hybridized carbons (Fsp3) is 0.654. The molecule has 6 unspecified atom stereocenters. The number of benzene rings is 1. The molecule has 3 heterocycles. The van der Waals surface area contributed by atoms with E-state index in [0.29, 0.717) is 30.8 Å². The van der Waals surface area contributed by atoms with Crippen molar-refractivity contribution in [2.45, 2.75) is 80.0 Å². The van der Waals surface area contributed by atoms with Gasteiger partial charge in [-0.3, -0.25) is 4.79 Å². The minimum absolute atomic E-state index is 0.0189. The van der Waals surface area contributed by atoms with Gasteiger partial charge in [-0.05, 0) is 62.5 Å². The predicted octanol–water partition coefficient (Wildman–Crippen LogP) is 3.09. The Morgan fingerprint density at radius 2 is 2.03 bits per heavy atom. The Morgan fingerprint density at radius 3 is 2.77 bits per heavy atom. The Balaban J connectivity index is 1.29. The highest BCUT2D eigenvalue weighted by Crippen LogP contribution is 2.48. The van der Waals surface area contributed by atoms with Gasteiger partial charge in [0.15, 0.2) is 11.6 Å². The lowest BCUT2D eigenvalue weighted by Crippen LogP contribution is -2.61. The molecule has 0 spiro atoms. The standard InChI is InChI=1S/C26H35BrFN5O2/c1-13-2-6-18-23-19(33(31-18)20-7-5-15(14-3-4-14)24(28)25(20)34)8-9-32(21(23)10-13)26(35)16-12-30-22(27)11-17(16)29/h5,7,14,16-19,21-23,30-31,34H,1-4,6,8-12,29H2/t16?,17?,18?,19?,21-,22?,23?/m0/s1. The van der Waals surface area contributed by atoms with Crippen molar-refractivity contribution in [2.24, 2.45) is 17.6 Å². The second kappa shape index (κ2) is 9.01. The van der Waals surface area contributed by atoms with Crippen LogP contribution in [0.5, 0.6) is 5.75 Å². The topological polar surface area (TPSA) is 93.9 Å². The number of nitrogens with one attached hydrogen (secondary N) is 2. The van der Waals surface area contributed by atoms with E-state index in [-0.39, 0.29) is 58.5 Å². The molecule has 2 saturated carbocycles. The largest absolute Gasteiger partial charge is 0.503 e. The first-order chi connectivity index (χ1) is 16.8. The minimum Gasteiger partial charge on any atom is -0.503 e. The number of hydrogen-bond acceptors (Lipinski definition) is 6. The van der Waals surface area contributed by atoms with Crippen LogP contribution in [-0.2, 0) is 4.79 Å². The maximum Gasteiger partial charge on any atom is 0.228 e. The van der Waals surface area contributed by atoms with Crippen LogP contribution in [0.15, 0.2) is 24.3 Å². The Bertz CT molecular complexity index is 1040. The van der Waals surface area contributed by atoms with Gasteiger partial charge in [-0.1, -0.05) is 34.1 Å². The number of carbonyl (C=O) groups is 1. The van der Waals surface area contributed by atoms with Crippen molar-refractivity contribution in [3.63, 3.8) is 0 Å². The molecule has 5 fully saturated rings. The summed E-state index contributed by atoms with van der Waals surface area (Å²) >= 11 is 3.57. The normalized spacial score (nSPS) is 37.2. The summed E-state index contributed by atoms with van der Waals surface area (Å²) in [5, 5.41) is 16.2. The molecule has 0 radical (unpaired) electrons. The smallest absolute Gasteiger partial charge is 0.228 e. The number of phenols is 1. The van der Waals surface area contributed by atoms with Gasteiger partial charge in [-0.15, -0.1) is 0 Å². The molecule has 1 aromatic carbocycles. The van der Waals surface area contributed by atoms with E-state index in [0.717, 1.165) is 38.5 Å². The van der Waals surface area contributed by atoms with E-state index in [1.165, 1.54) is 5.57 Å². The highest BCUT2D eigenvalue weighted by atomic mass is 79.9. The van der Waals surface area contributed by atoms with Crippen molar-refractivity contribution in [2.75, 3.05) is 18.1 Å². The molecule has 0 bridgehead atoms. The van der Waals surface area contributed by atoms with Gasteiger partial charge in [0.05, 0.1) is 22.6 Å². The van der Waals surface area contributed by atoms with Crippen LogP contribution in [0, 0.1) is 17.7 Å². The third-order valence-corrected chi connectivity index (χ3v) is 9.62. The van der Waals surface area contributed by atoms with Gasteiger partial charge in [0.1, 0.15) is 0 Å². The Morgan fingerprint density at radius 1 is 1.23 bits per heavy atom. The molecule has 7 atom stereocenters. The first kappa shape index (κ1) is 23.7. The lowest BCUT2D eigenvalue weighted by Gasteiger charge is -2.47. The van der Waals surface area contributed by atoms with Gasteiger partial charge >= 0.3 is 0 Å². The number of hydrazine groups is 1. The zero-order valence-electron chi connectivity index (χ0n) is 19.9. The van der Waals surface area contributed by atoms with E-state index in [2.05, 4.69) is 38.2 Å². The van der Waals surface area contributed by atoms with Crippen molar-refractivity contribution in [3.05, 3.63) is 35.7 Å². The number of halogens is 2. The molecule has 2 aliphatic carbocycles. The summed E-state index contributed by atoms with van der Waals surface area (Å²) in [5.41, 5.74) is 12.3. The van der Waals surface area contributed by atoms with Gasteiger partial charge in [0.2, 0.25) is 5.91 Å². The molecule has 190 valence electrons. The zero-order valence-corrected chi connectivity index (χ0v) is 21.5.